The van der Waals surface area contributed by atoms with Crippen LogP contribution in [0.3, 0.4) is 0 Å². The Balaban J connectivity index is 2.45. The van der Waals surface area contributed by atoms with Crippen molar-refractivity contribution in [2.24, 2.45) is 11.8 Å². The fourth-order valence-electron chi connectivity index (χ4n) is 2.29. The summed E-state index contributed by atoms with van der Waals surface area (Å²) in [5.41, 5.74) is 0. The Morgan fingerprint density at radius 2 is 2.00 bits per heavy atom. The first-order valence-corrected chi connectivity index (χ1v) is 7.10. The Morgan fingerprint density at radius 3 is 2.44 bits per heavy atom. The third kappa shape index (κ3) is 5.07. The molecule has 0 spiro atoms. The van der Waals surface area contributed by atoms with Crippen LogP contribution in [0.2, 0.25) is 0 Å². The van der Waals surface area contributed by atoms with E-state index in [1.807, 2.05) is 6.92 Å². The van der Waals surface area contributed by atoms with Gasteiger partial charge < -0.3 is 10.4 Å². The summed E-state index contributed by atoms with van der Waals surface area (Å²) in [6.07, 6.45) is 6.03. The molecule has 1 aliphatic rings. The molecule has 0 saturated heterocycles. The predicted octanol–water partition coefficient (Wildman–Crippen LogP) is 2.57. The molecule has 0 heterocycles. The summed E-state index contributed by atoms with van der Waals surface area (Å²) < 4.78 is 0. The summed E-state index contributed by atoms with van der Waals surface area (Å²) in [6, 6.07) is -0.161. The van der Waals surface area contributed by atoms with Gasteiger partial charge in [0.25, 0.3) is 0 Å². The van der Waals surface area contributed by atoms with Gasteiger partial charge in [0.1, 0.15) is 0 Å². The second-order valence-electron chi connectivity index (χ2n) is 5.30. The number of carbonyl (C=O) groups is 2. The van der Waals surface area contributed by atoms with Gasteiger partial charge in [0.2, 0.25) is 5.91 Å². The molecule has 0 aliphatic heterocycles. The minimum atomic E-state index is -0.825. The topological polar surface area (TPSA) is 66.4 Å². The van der Waals surface area contributed by atoms with Gasteiger partial charge in [0.05, 0.1) is 6.42 Å². The van der Waals surface area contributed by atoms with Crippen LogP contribution in [0.1, 0.15) is 58.8 Å². The van der Waals surface area contributed by atoms with Crippen LogP contribution < -0.4 is 5.32 Å². The van der Waals surface area contributed by atoms with Crippen LogP contribution in [0.15, 0.2) is 0 Å². The molecule has 1 rings (SSSR count). The number of rotatable bonds is 9. The molecule has 104 valence electrons. The predicted molar refractivity (Wildman–Crippen MR) is 70.2 cm³/mol. The number of carbonyl (C=O) groups excluding carboxylic acids is 1. The summed E-state index contributed by atoms with van der Waals surface area (Å²) in [5.74, 6) is -0.355. The molecule has 4 heteroatoms. The first-order valence-electron chi connectivity index (χ1n) is 7.10. The minimum absolute atomic E-state index is 0.0417. The molecule has 0 aromatic rings. The Labute approximate surface area is 109 Å². The van der Waals surface area contributed by atoms with Crippen molar-refractivity contribution >= 4 is 11.9 Å². The van der Waals surface area contributed by atoms with E-state index in [2.05, 4.69) is 12.2 Å². The fraction of sp³-hybridized carbons (Fsp3) is 0.857. The molecule has 2 atom stereocenters. The lowest BCUT2D eigenvalue weighted by molar-refractivity contribution is -0.138. The number of aliphatic carboxylic acids is 1. The molecule has 0 aromatic heterocycles. The highest BCUT2D eigenvalue weighted by molar-refractivity contribution is 5.79. The van der Waals surface area contributed by atoms with Crippen molar-refractivity contribution in [3.05, 3.63) is 0 Å². The van der Waals surface area contributed by atoms with Crippen molar-refractivity contribution < 1.29 is 14.7 Å². The number of carboxylic acids is 1. The smallest absolute Gasteiger partial charge is 0.305 e. The summed E-state index contributed by atoms with van der Waals surface area (Å²) in [6.45, 7) is 4.13. The molecule has 0 radical (unpaired) electrons. The SMILES string of the molecule is CCCCC(CC)C(=O)NC(CC(=O)O)C1CC1. The molecule has 4 nitrogen and oxygen atoms in total. The molecule has 1 saturated carbocycles. The first kappa shape index (κ1) is 15.0. The quantitative estimate of drug-likeness (QED) is 0.665. The summed E-state index contributed by atoms with van der Waals surface area (Å²) in [4.78, 5) is 22.9. The van der Waals surface area contributed by atoms with E-state index in [0.717, 1.165) is 38.5 Å². The van der Waals surface area contributed by atoms with Crippen LogP contribution in [-0.2, 0) is 9.59 Å². The summed E-state index contributed by atoms with van der Waals surface area (Å²) in [7, 11) is 0. The number of hydrogen-bond donors (Lipinski definition) is 2. The average molecular weight is 255 g/mol. The molecule has 0 aromatic carbocycles. The van der Waals surface area contributed by atoms with Gasteiger partial charge in [-0.1, -0.05) is 26.7 Å². The van der Waals surface area contributed by atoms with Crippen LogP contribution in [-0.4, -0.2) is 23.0 Å². The van der Waals surface area contributed by atoms with Gasteiger partial charge in [-0.05, 0) is 31.6 Å². The van der Waals surface area contributed by atoms with Crippen molar-refractivity contribution in [3.63, 3.8) is 0 Å². The standard InChI is InChI=1S/C14H25NO3/c1-3-5-6-10(4-2)14(18)15-12(9-13(16)17)11-7-8-11/h10-12H,3-9H2,1-2H3,(H,15,18)(H,16,17). The van der Waals surface area contributed by atoms with Crippen LogP contribution in [0.25, 0.3) is 0 Å². The Kier molecular flexibility index (Phi) is 6.16. The van der Waals surface area contributed by atoms with Gasteiger partial charge in [-0.3, -0.25) is 9.59 Å². The largest absolute Gasteiger partial charge is 0.481 e. The highest BCUT2D eigenvalue weighted by Gasteiger charge is 2.34. The van der Waals surface area contributed by atoms with Crippen molar-refractivity contribution in [1.29, 1.82) is 0 Å². The minimum Gasteiger partial charge on any atom is -0.481 e. The molecule has 2 N–H and O–H groups in total. The average Bonchev–Trinajstić information content (AvgIpc) is 3.12. The molecule has 18 heavy (non-hydrogen) atoms. The molecular weight excluding hydrogens is 230 g/mol. The first-order chi connectivity index (χ1) is 8.58. The second-order valence-corrected chi connectivity index (χ2v) is 5.30. The van der Waals surface area contributed by atoms with Crippen LogP contribution >= 0.6 is 0 Å². The summed E-state index contributed by atoms with van der Waals surface area (Å²) >= 11 is 0. The molecule has 0 bridgehead atoms. The van der Waals surface area contributed by atoms with E-state index in [4.69, 9.17) is 5.11 Å². The van der Waals surface area contributed by atoms with Crippen LogP contribution in [0.5, 0.6) is 0 Å². The van der Waals surface area contributed by atoms with Crippen LogP contribution in [0.4, 0.5) is 0 Å². The number of unbranched alkanes of at least 4 members (excludes halogenated alkanes) is 1. The zero-order valence-electron chi connectivity index (χ0n) is 11.4. The molecule has 2 unspecified atom stereocenters. The lowest BCUT2D eigenvalue weighted by Gasteiger charge is -2.20. The number of nitrogens with one attached hydrogen (secondary N) is 1. The molecule has 1 aliphatic carbocycles. The number of carboxylic acid groups (broad SMARTS) is 1. The lowest BCUT2D eigenvalue weighted by atomic mass is 9.97. The fourth-order valence-corrected chi connectivity index (χ4v) is 2.29. The monoisotopic (exact) mass is 255 g/mol. The molecular formula is C14H25NO3. The Hall–Kier alpha value is -1.06. The summed E-state index contributed by atoms with van der Waals surface area (Å²) in [5, 5.41) is 11.8. The number of hydrogen-bond acceptors (Lipinski definition) is 2. The Bertz CT molecular complexity index is 287. The lowest BCUT2D eigenvalue weighted by Crippen LogP contribution is -2.41. The highest BCUT2D eigenvalue weighted by Crippen LogP contribution is 2.34. The highest BCUT2D eigenvalue weighted by atomic mass is 16.4. The van der Waals surface area contributed by atoms with E-state index in [1.54, 1.807) is 0 Å². The normalized spacial score (nSPS) is 18.1. The molecule has 1 amide bonds. The maximum Gasteiger partial charge on any atom is 0.305 e. The van der Waals surface area contributed by atoms with Gasteiger partial charge in [-0.15, -0.1) is 0 Å². The maximum atomic E-state index is 12.1. The zero-order chi connectivity index (χ0) is 13.5. The van der Waals surface area contributed by atoms with Gasteiger partial charge >= 0.3 is 5.97 Å². The van der Waals surface area contributed by atoms with E-state index in [1.165, 1.54) is 0 Å². The van der Waals surface area contributed by atoms with Crippen molar-refractivity contribution in [2.45, 2.75) is 64.8 Å². The maximum absolute atomic E-state index is 12.1. The third-order valence-corrected chi connectivity index (χ3v) is 3.68. The van der Waals surface area contributed by atoms with E-state index in [9.17, 15) is 9.59 Å². The van der Waals surface area contributed by atoms with Crippen molar-refractivity contribution in [3.8, 4) is 0 Å². The van der Waals surface area contributed by atoms with E-state index in [0.29, 0.717) is 5.92 Å². The van der Waals surface area contributed by atoms with Crippen LogP contribution in [0, 0.1) is 11.8 Å². The van der Waals surface area contributed by atoms with E-state index in [-0.39, 0.29) is 24.3 Å². The van der Waals surface area contributed by atoms with E-state index < -0.39 is 5.97 Å². The zero-order valence-corrected chi connectivity index (χ0v) is 11.4. The Morgan fingerprint density at radius 1 is 1.33 bits per heavy atom. The van der Waals surface area contributed by atoms with Gasteiger partial charge in [-0.25, -0.2) is 0 Å². The van der Waals surface area contributed by atoms with Crippen molar-refractivity contribution in [1.82, 2.24) is 5.32 Å². The third-order valence-electron chi connectivity index (χ3n) is 3.68. The molecule has 1 fully saturated rings. The second kappa shape index (κ2) is 7.39. The van der Waals surface area contributed by atoms with E-state index >= 15 is 0 Å². The van der Waals surface area contributed by atoms with Crippen molar-refractivity contribution in [2.75, 3.05) is 0 Å². The number of amides is 1. The van der Waals surface area contributed by atoms with Gasteiger partial charge in [0, 0.05) is 12.0 Å². The van der Waals surface area contributed by atoms with Gasteiger partial charge in [-0.2, -0.15) is 0 Å². The van der Waals surface area contributed by atoms with Gasteiger partial charge in [0.15, 0.2) is 0 Å².